The summed E-state index contributed by atoms with van der Waals surface area (Å²) in [4.78, 5) is 2.09. The monoisotopic (exact) mass is 264 g/mol. The van der Waals surface area contributed by atoms with Gasteiger partial charge in [0.1, 0.15) is 11.9 Å². The first kappa shape index (κ1) is 15.8. The maximum absolute atomic E-state index is 6.10. The predicted molar refractivity (Wildman–Crippen MR) is 83.3 cm³/mol. The van der Waals surface area contributed by atoms with Crippen LogP contribution in [0.3, 0.4) is 0 Å². The lowest BCUT2D eigenvalue weighted by Crippen LogP contribution is -2.31. The topological polar surface area (TPSA) is 24.5 Å². The smallest absolute Gasteiger partial charge is 0.121 e. The Bertz CT molecular complexity index is 352. The van der Waals surface area contributed by atoms with Crippen molar-refractivity contribution in [2.75, 3.05) is 32.1 Å². The van der Waals surface area contributed by atoms with Crippen molar-refractivity contribution in [2.45, 2.75) is 39.2 Å². The number of hydrogen-bond acceptors (Lipinski definition) is 3. The van der Waals surface area contributed by atoms with Gasteiger partial charge < -0.3 is 15.0 Å². The molecule has 0 saturated heterocycles. The Labute approximate surface area is 118 Å². The van der Waals surface area contributed by atoms with Gasteiger partial charge in [0.2, 0.25) is 0 Å². The first-order chi connectivity index (χ1) is 9.17. The van der Waals surface area contributed by atoms with Crippen LogP contribution in [0.15, 0.2) is 24.3 Å². The summed E-state index contributed by atoms with van der Waals surface area (Å²) in [6.45, 7) is 6.37. The Kier molecular flexibility index (Phi) is 7.34. The molecule has 0 amide bonds. The summed E-state index contributed by atoms with van der Waals surface area (Å²) in [5.41, 5.74) is 1.18. The highest BCUT2D eigenvalue weighted by Crippen LogP contribution is 2.21. The van der Waals surface area contributed by atoms with Crippen molar-refractivity contribution in [1.29, 1.82) is 0 Å². The summed E-state index contributed by atoms with van der Waals surface area (Å²) in [5, 5.41) is 3.44. The van der Waals surface area contributed by atoms with E-state index in [1.54, 1.807) is 0 Å². The first-order valence-corrected chi connectivity index (χ1v) is 7.32. The lowest BCUT2D eigenvalue weighted by Gasteiger charge is -2.20. The van der Waals surface area contributed by atoms with Crippen LogP contribution in [-0.4, -0.2) is 33.3 Å². The zero-order chi connectivity index (χ0) is 14.1. The summed E-state index contributed by atoms with van der Waals surface area (Å²) >= 11 is 0. The van der Waals surface area contributed by atoms with Crippen LogP contribution in [-0.2, 0) is 0 Å². The van der Waals surface area contributed by atoms with Gasteiger partial charge in [0, 0.05) is 32.4 Å². The number of nitrogens with zero attached hydrogens (tertiary/aromatic N) is 1. The molecule has 0 spiro atoms. The van der Waals surface area contributed by atoms with Gasteiger partial charge in [-0.05, 0) is 31.5 Å². The van der Waals surface area contributed by atoms with Gasteiger partial charge in [0.05, 0.1) is 0 Å². The number of nitrogens with one attached hydrogen (secondary N) is 1. The van der Waals surface area contributed by atoms with E-state index in [0.29, 0.717) is 0 Å². The largest absolute Gasteiger partial charge is 0.489 e. The second-order valence-corrected chi connectivity index (χ2v) is 5.12. The quantitative estimate of drug-likeness (QED) is 0.693. The van der Waals surface area contributed by atoms with Crippen molar-refractivity contribution in [3.05, 3.63) is 24.3 Å². The molecule has 1 unspecified atom stereocenters. The highest BCUT2D eigenvalue weighted by molar-refractivity contribution is 5.49. The number of hydrogen-bond donors (Lipinski definition) is 1. The molecule has 0 fully saturated rings. The molecule has 1 N–H and O–H groups in total. The van der Waals surface area contributed by atoms with E-state index < -0.39 is 0 Å². The van der Waals surface area contributed by atoms with Crippen molar-refractivity contribution in [1.82, 2.24) is 5.32 Å². The Balaban J connectivity index is 2.59. The average molecular weight is 264 g/mol. The zero-order valence-corrected chi connectivity index (χ0v) is 12.8. The van der Waals surface area contributed by atoms with Gasteiger partial charge in [-0.1, -0.05) is 26.3 Å². The van der Waals surface area contributed by atoms with Crippen molar-refractivity contribution < 1.29 is 4.74 Å². The minimum atomic E-state index is 0.258. The summed E-state index contributed by atoms with van der Waals surface area (Å²) in [5.74, 6) is 0.961. The molecule has 3 heteroatoms. The summed E-state index contributed by atoms with van der Waals surface area (Å²) in [6, 6.07) is 8.28. The third-order valence-electron chi connectivity index (χ3n) is 3.05. The van der Waals surface area contributed by atoms with Crippen LogP contribution >= 0.6 is 0 Å². The van der Waals surface area contributed by atoms with Crippen LogP contribution in [0.25, 0.3) is 0 Å². The summed E-state index contributed by atoms with van der Waals surface area (Å²) in [7, 11) is 4.09. The Morgan fingerprint density at radius 3 is 2.63 bits per heavy atom. The average Bonchev–Trinajstić information content (AvgIpc) is 2.39. The highest BCUT2D eigenvalue weighted by Gasteiger charge is 2.09. The van der Waals surface area contributed by atoms with Crippen molar-refractivity contribution in [2.24, 2.45) is 0 Å². The third-order valence-corrected chi connectivity index (χ3v) is 3.05. The molecule has 0 aliphatic carbocycles. The molecule has 0 heterocycles. The lowest BCUT2D eigenvalue weighted by molar-refractivity contribution is 0.186. The molecule has 1 atom stereocenters. The molecule has 108 valence electrons. The number of ether oxygens (including phenoxy) is 1. The molecule has 19 heavy (non-hydrogen) atoms. The van der Waals surface area contributed by atoms with Crippen molar-refractivity contribution >= 4 is 5.69 Å². The molecule has 3 nitrogen and oxygen atoms in total. The maximum Gasteiger partial charge on any atom is 0.121 e. The lowest BCUT2D eigenvalue weighted by atomic mass is 10.2. The van der Waals surface area contributed by atoms with Crippen molar-refractivity contribution in [3.63, 3.8) is 0 Å². The molecular formula is C16H28N2O. The fourth-order valence-electron chi connectivity index (χ4n) is 1.99. The summed E-state index contributed by atoms with van der Waals surface area (Å²) in [6.07, 6.45) is 3.65. The number of anilines is 1. The van der Waals surface area contributed by atoms with Gasteiger partial charge in [0.25, 0.3) is 0 Å². The standard InChI is InChI=1S/C16H28N2O/c1-5-8-16(13-17-11-6-2)19-15-10-7-9-14(12-15)18(3)4/h7,9-10,12,16-17H,5-6,8,11,13H2,1-4H3. The predicted octanol–water partition coefficient (Wildman–Crippen LogP) is 3.30. The summed E-state index contributed by atoms with van der Waals surface area (Å²) < 4.78 is 6.10. The molecule has 0 aromatic heterocycles. The normalized spacial score (nSPS) is 12.2. The SMILES string of the molecule is CCCNCC(CCC)Oc1cccc(N(C)C)c1. The Hall–Kier alpha value is -1.22. The molecule has 1 rings (SSSR count). The minimum Gasteiger partial charge on any atom is -0.489 e. The van der Waals surface area contributed by atoms with Gasteiger partial charge in [-0.2, -0.15) is 0 Å². The van der Waals surface area contributed by atoms with E-state index >= 15 is 0 Å². The van der Waals surface area contributed by atoms with E-state index in [-0.39, 0.29) is 6.10 Å². The van der Waals surface area contributed by atoms with Gasteiger partial charge in [-0.15, -0.1) is 0 Å². The van der Waals surface area contributed by atoms with Gasteiger partial charge >= 0.3 is 0 Å². The molecule has 0 saturated carbocycles. The fraction of sp³-hybridized carbons (Fsp3) is 0.625. The molecule has 0 aliphatic rings. The van der Waals surface area contributed by atoms with Crippen LogP contribution in [0.1, 0.15) is 33.1 Å². The first-order valence-electron chi connectivity index (χ1n) is 7.32. The second kappa shape index (κ2) is 8.81. The van der Waals surface area contributed by atoms with Gasteiger partial charge in [-0.3, -0.25) is 0 Å². The highest BCUT2D eigenvalue weighted by atomic mass is 16.5. The van der Waals surface area contributed by atoms with Crippen LogP contribution in [0.5, 0.6) is 5.75 Å². The third kappa shape index (κ3) is 5.97. The van der Waals surface area contributed by atoms with Crippen LogP contribution in [0, 0.1) is 0 Å². The van der Waals surface area contributed by atoms with E-state index in [9.17, 15) is 0 Å². The number of benzene rings is 1. The molecule has 0 bridgehead atoms. The van der Waals surface area contributed by atoms with E-state index in [1.807, 2.05) is 26.2 Å². The minimum absolute atomic E-state index is 0.258. The van der Waals surface area contributed by atoms with Crippen molar-refractivity contribution in [3.8, 4) is 5.75 Å². The maximum atomic E-state index is 6.10. The molecule has 0 aliphatic heterocycles. The Morgan fingerprint density at radius 2 is 2.00 bits per heavy atom. The van der Waals surface area contributed by atoms with E-state index in [0.717, 1.165) is 38.1 Å². The fourth-order valence-corrected chi connectivity index (χ4v) is 1.99. The second-order valence-electron chi connectivity index (χ2n) is 5.12. The van der Waals surface area contributed by atoms with E-state index in [4.69, 9.17) is 4.74 Å². The van der Waals surface area contributed by atoms with Gasteiger partial charge in [0.15, 0.2) is 0 Å². The zero-order valence-electron chi connectivity index (χ0n) is 12.8. The Morgan fingerprint density at radius 1 is 1.21 bits per heavy atom. The molecule has 0 radical (unpaired) electrons. The number of rotatable bonds is 9. The van der Waals surface area contributed by atoms with Crippen LogP contribution < -0.4 is 15.0 Å². The molecule has 1 aromatic carbocycles. The van der Waals surface area contributed by atoms with Crippen LogP contribution in [0.2, 0.25) is 0 Å². The van der Waals surface area contributed by atoms with Gasteiger partial charge in [-0.25, -0.2) is 0 Å². The van der Waals surface area contributed by atoms with Crippen LogP contribution in [0.4, 0.5) is 5.69 Å². The molecule has 1 aromatic rings. The van der Waals surface area contributed by atoms with E-state index in [1.165, 1.54) is 5.69 Å². The van der Waals surface area contributed by atoms with E-state index in [2.05, 4.69) is 36.2 Å². The molecular weight excluding hydrogens is 236 g/mol.